The van der Waals surface area contributed by atoms with E-state index in [1.54, 1.807) is 18.1 Å². The Kier molecular flexibility index (Phi) is 6.42. The predicted molar refractivity (Wildman–Crippen MR) is 111 cm³/mol. The molecule has 1 aliphatic heterocycles. The summed E-state index contributed by atoms with van der Waals surface area (Å²) in [5.74, 6) is 0.961. The summed E-state index contributed by atoms with van der Waals surface area (Å²) < 4.78 is 11.0. The first-order valence-corrected chi connectivity index (χ1v) is 10.00. The molecule has 6 nitrogen and oxygen atoms in total. The van der Waals surface area contributed by atoms with Gasteiger partial charge in [-0.3, -0.25) is 9.59 Å². The molecule has 0 radical (unpaired) electrons. The van der Waals surface area contributed by atoms with Crippen LogP contribution in [0.4, 0.5) is 0 Å². The van der Waals surface area contributed by atoms with Crippen LogP contribution in [0.25, 0.3) is 0 Å². The third-order valence-electron chi connectivity index (χ3n) is 5.19. The van der Waals surface area contributed by atoms with Gasteiger partial charge in [0.2, 0.25) is 5.91 Å². The van der Waals surface area contributed by atoms with Crippen molar-refractivity contribution in [3.63, 3.8) is 0 Å². The Balaban J connectivity index is 1.92. The lowest BCUT2D eigenvalue weighted by Crippen LogP contribution is -2.42. The van der Waals surface area contributed by atoms with E-state index in [0.29, 0.717) is 30.2 Å². The number of hydrogen-bond acceptors (Lipinski definition) is 4. The van der Waals surface area contributed by atoms with Crippen LogP contribution in [-0.2, 0) is 11.3 Å². The topological polar surface area (TPSA) is 67.9 Å². The standard InChI is InChI=1S/C23H28N2O4/c1-5-15(3)24-22(26)21-17-9-7-8-10-18(17)23(27)25(21)14-16-11-12-19(29-6-2)20(13-16)28-4/h7-13,15,21H,5-6,14H2,1-4H3,(H,24,26)/t15-,21+/m0/s1. The van der Waals surface area contributed by atoms with Crippen molar-refractivity contribution in [1.82, 2.24) is 10.2 Å². The van der Waals surface area contributed by atoms with Crippen molar-refractivity contribution in [1.29, 1.82) is 0 Å². The molecule has 0 bridgehead atoms. The molecule has 6 heteroatoms. The number of rotatable bonds is 8. The smallest absolute Gasteiger partial charge is 0.255 e. The maximum atomic E-state index is 13.1. The molecule has 0 aromatic heterocycles. The Morgan fingerprint density at radius 1 is 1.17 bits per heavy atom. The lowest BCUT2D eigenvalue weighted by molar-refractivity contribution is -0.126. The molecule has 2 amide bonds. The second kappa shape index (κ2) is 8.99. The summed E-state index contributed by atoms with van der Waals surface area (Å²) >= 11 is 0. The predicted octanol–water partition coefficient (Wildman–Crippen LogP) is 3.71. The molecule has 1 aliphatic rings. The molecule has 0 unspecified atom stereocenters. The average molecular weight is 396 g/mol. The van der Waals surface area contributed by atoms with E-state index in [4.69, 9.17) is 9.47 Å². The van der Waals surface area contributed by atoms with Gasteiger partial charge in [-0.25, -0.2) is 0 Å². The van der Waals surface area contributed by atoms with Gasteiger partial charge in [-0.05, 0) is 49.6 Å². The van der Waals surface area contributed by atoms with E-state index in [0.717, 1.165) is 17.5 Å². The highest BCUT2D eigenvalue weighted by atomic mass is 16.5. The van der Waals surface area contributed by atoms with Gasteiger partial charge in [0.15, 0.2) is 11.5 Å². The van der Waals surface area contributed by atoms with Crippen LogP contribution in [0.5, 0.6) is 11.5 Å². The molecule has 1 heterocycles. The molecule has 154 valence electrons. The van der Waals surface area contributed by atoms with Crippen molar-refractivity contribution >= 4 is 11.8 Å². The monoisotopic (exact) mass is 396 g/mol. The zero-order chi connectivity index (χ0) is 21.0. The van der Waals surface area contributed by atoms with E-state index < -0.39 is 6.04 Å². The van der Waals surface area contributed by atoms with Crippen molar-refractivity contribution < 1.29 is 19.1 Å². The first-order chi connectivity index (χ1) is 14.0. The molecule has 0 aliphatic carbocycles. The maximum absolute atomic E-state index is 13.1. The Bertz CT molecular complexity index is 896. The number of ether oxygens (including phenoxy) is 2. The number of nitrogens with one attached hydrogen (secondary N) is 1. The summed E-state index contributed by atoms with van der Waals surface area (Å²) in [7, 11) is 1.58. The number of carbonyl (C=O) groups excluding carboxylic acids is 2. The molecule has 2 atom stereocenters. The molecule has 1 N–H and O–H groups in total. The van der Waals surface area contributed by atoms with Crippen molar-refractivity contribution in [3.05, 3.63) is 59.2 Å². The van der Waals surface area contributed by atoms with Crippen molar-refractivity contribution in [2.24, 2.45) is 0 Å². The van der Waals surface area contributed by atoms with E-state index in [-0.39, 0.29) is 17.9 Å². The number of benzene rings is 2. The van der Waals surface area contributed by atoms with Gasteiger partial charge < -0.3 is 19.7 Å². The van der Waals surface area contributed by atoms with Crippen LogP contribution >= 0.6 is 0 Å². The summed E-state index contributed by atoms with van der Waals surface area (Å²) in [6.45, 7) is 6.72. The molecular weight excluding hydrogens is 368 g/mol. The molecule has 29 heavy (non-hydrogen) atoms. The highest BCUT2D eigenvalue weighted by molar-refractivity contribution is 6.04. The molecule has 0 spiro atoms. The van der Waals surface area contributed by atoms with Crippen LogP contribution in [0.3, 0.4) is 0 Å². The Morgan fingerprint density at radius 3 is 2.62 bits per heavy atom. The van der Waals surface area contributed by atoms with E-state index >= 15 is 0 Å². The summed E-state index contributed by atoms with van der Waals surface area (Å²) in [6, 6.07) is 12.3. The molecule has 0 saturated heterocycles. The van der Waals surface area contributed by atoms with Gasteiger partial charge in [0.25, 0.3) is 5.91 Å². The Morgan fingerprint density at radius 2 is 1.93 bits per heavy atom. The van der Waals surface area contributed by atoms with Gasteiger partial charge in [0.05, 0.1) is 13.7 Å². The number of methoxy groups -OCH3 is 1. The maximum Gasteiger partial charge on any atom is 0.255 e. The first kappa shape index (κ1) is 20.7. The fourth-order valence-corrected chi connectivity index (χ4v) is 3.52. The number of amides is 2. The number of carbonyl (C=O) groups is 2. The molecular formula is C23H28N2O4. The van der Waals surface area contributed by atoms with Crippen LogP contribution in [0.1, 0.15) is 54.7 Å². The largest absolute Gasteiger partial charge is 0.493 e. The number of nitrogens with zero attached hydrogens (tertiary/aromatic N) is 1. The SMILES string of the molecule is CCOc1ccc(CN2C(=O)c3ccccc3[C@@H]2C(=O)N[C@@H](C)CC)cc1OC. The number of fused-ring (bicyclic) bond motifs is 1. The lowest BCUT2D eigenvalue weighted by Gasteiger charge is -2.26. The minimum atomic E-state index is -0.648. The normalized spacial score (nSPS) is 16.3. The van der Waals surface area contributed by atoms with Crippen LogP contribution in [-0.4, -0.2) is 36.5 Å². The summed E-state index contributed by atoms with van der Waals surface area (Å²) in [4.78, 5) is 27.7. The lowest BCUT2D eigenvalue weighted by atomic mass is 10.0. The zero-order valence-corrected chi connectivity index (χ0v) is 17.4. The van der Waals surface area contributed by atoms with Crippen LogP contribution in [0, 0.1) is 0 Å². The van der Waals surface area contributed by atoms with E-state index in [1.165, 1.54) is 0 Å². The average Bonchev–Trinajstić information content (AvgIpc) is 3.01. The van der Waals surface area contributed by atoms with Gasteiger partial charge in [0, 0.05) is 18.2 Å². The molecule has 3 rings (SSSR count). The van der Waals surface area contributed by atoms with E-state index in [2.05, 4.69) is 5.32 Å². The first-order valence-electron chi connectivity index (χ1n) is 10.00. The third kappa shape index (κ3) is 4.21. The second-order valence-electron chi connectivity index (χ2n) is 7.16. The third-order valence-corrected chi connectivity index (χ3v) is 5.19. The number of hydrogen-bond donors (Lipinski definition) is 1. The fraction of sp³-hybridized carbons (Fsp3) is 0.391. The quantitative estimate of drug-likeness (QED) is 0.739. The summed E-state index contributed by atoms with van der Waals surface area (Å²) in [6.07, 6.45) is 0.824. The van der Waals surface area contributed by atoms with E-state index in [1.807, 2.05) is 57.2 Å². The van der Waals surface area contributed by atoms with E-state index in [9.17, 15) is 9.59 Å². The highest BCUT2D eigenvalue weighted by Crippen LogP contribution is 2.36. The minimum absolute atomic E-state index is 0.0396. The molecule has 2 aromatic carbocycles. The minimum Gasteiger partial charge on any atom is -0.493 e. The van der Waals surface area contributed by atoms with Crippen LogP contribution < -0.4 is 14.8 Å². The van der Waals surface area contributed by atoms with Gasteiger partial charge in [0.1, 0.15) is 6.04 Å². The van der Waals surface area contributed by atoms with Gasteiger partial charge in [-0.2, -0.15) is 0 Å². The zero-order valence-electron chi connectivity index (χ0n) is 17.4. The van der Waals surface area contributed by atoms with Crippen molar-refractivity contribution in [3.8, 4) is 11.5 Å². The second-order valence-corrected chi connectivity index (χ2v) is 7.16. The van der Waals surface area contributed by atoms with Crippen molar-refractivity contribution in [2.45, 2.75) is 45.8 Å². The molecule has 2 aromatic rings. The fourth-order valence-electron chi connectivity index (χ4n) is 3.52. The van der Waals surface area contributed by atoms with Crippen molar-refractivity contribution in [2.75, 3.05) is 13.7 Å². The summed E-state index contributed by atoms with van der Waals surface area (Å²) in [5.41, 5.74) is 2.19. The van der Waals surface area contributed by atoms with Crippen LogP contribution in [0.15, 0.2) is 42.5 Å². The van der Waals surface area contributed by atoms with Gasteiger partial charge in [-0.15, -0.1) is 0 Å². The molecule has 0 fully saturated rings. The van der Waals surface area contributed by atoms with Gasteiger partial charge >= 0.3 is 0 Å². The summed E-state index contributed by atoms with van der Waals surface area (Å²) in [5, 5.41) is 3.02. The Hall–Kier alpha value is -3.02. The van der Waals surface area contributed by atoms with Crippen LogP contribution in [0.2, 0.25) is 0 Å². The van der Waals surface area contributed by atoms with Gasteiger partial charge in [-0.1, -0.05) is 31.2 Å². The Labute approximate surface area is 171 Å². The molecule has 0 saturated carbocycles. The highest BCUT2D eigenvalue weighted by Gasteiger charge is 2.41.